The molecule has 0 atom stereocenters. The van der Waals surface area contributed by atoms with E-state index in [0.29, 0.717) is 6.42 Å². The molecule has 0 radical (unpaired) electrons. The fourth-order valence-corrected chi connectivity index (χ4v) is 2.20. The molecule has 0 aliphatic carbocycles. The monoisotopic (exact) mass is 243 g/mol. The van der Waals surface area contributed by atoms with Gasteiger partial charge in [-0.1, -0.05) is 0 Å². The maximum atomic E-state index is 10.9. The Bertz CT molecular complexity index is 218. The van der Waals surface area contributed by atoms with Gasteiger partial charge in [0.15, 0.2) is 0 Å². The van der Waals surface area contributed by atoms with E-state index in [-0.39, 0.29) is 5.91 Å². The first-order chi connectivity index (χ1) is 8.22. The zero-order valence-electron chi connectivity index (χ0n) is 10.8. The van der Waals surface area contributed by atoms with Crippen LogP contribution >= 0.6 is 0 Å². The van der Waals surface area contributed by atoms with Crippen LogP contribution in [0.5, 0.6) is 0 Å². The summed E-state index contributed by atoms with van der Waals surface area (Å²) >= 11 is 0. The number of carbonyl (C=O) groups is 1. The van der Waals surface area contributed by atoms with Gasteiger partial charge >= 0.3 is 0 Å². The summed E-state index contributed by atoms with van der Waals surface area (Å²) in [6.45, 7) is 4.02. The lowest BCUT2D eigenvalue weighted by Gasteiger charge is -2.27. The van der Waals surface area contributed by atoms with E-state index in [9.17, 15) is 4.79 Å². The van der Waals surface area contributed by atoms with E-state index in [0.717, 1.165) is 45.1 Å². The summed E-state index contributed by atoms with van der Waals surface area (Å²) in [5.74, 6) is 5.72. The van der Waals surface area contributed by atoms with Gasteiger partial charge < -0.3 is 9.64 Å². The topological polar surface area (TPSA) is 67.6 Å². The van der Waals surface area contributed by atoms with Crippen LogP contribution in [0, 0.1) is 5.92 Å². The minimum Gasteiger partial charge on any atom is -0.381 e. The van der Waals surface area contributed by atoms with Crippen LogP contribution in [-0.2, 0) is 9.53 Å². The van der Waals surface area contributed by atoms with Crippen molar-refractivity contribution in [1.29, 1.82) is 0 Å². The number of nitrogens with zero attached hydrogens (tertiary/aromatic N) is 1. The first-order valence-corrected chi connectivity index (χ1v) is 6.48. The molecule has 3 N–H and O–H groups in total. The van der Waals surface area contributed by atoms with Crippen LogP contribution in [0.15, 0.2) is 0 Å². The molecule has 1 rings (SSSR count). The molecule has 1 aliphatic heterocycles. The second kappa shape index (κ2) is 8.44. The minimum atomic E-state index is -0.0721. The van der Waals surface area contributed by atoms with Crippen molar-refractivity contribution in [3.05, 3.63) is 0 Å². The van der Waals surface area contributed by atoms with E-state index in [4.69, 9.17) is 10.6 Å². The lowest BCUT2D eigenvalue weighted by molar-refractivity contribution is -0.121. The quantitative estimate of drug-likeness (QED) is 0.296. The largest absolute Gasteiger partial charge is 0.381 e. The molecule has 17 heavy (non-hydrogen) atoms. The van der Waals surface area contributed by atoms with Crippen molar-refractivity contribution >= 4 is 5.91 Å². The Labute approximate surface area is 104 Å². The molecule has 1 saturated heterocycles. The molecular formula is C12H25N3O2. The summed E-state index contributed by atoms with van der Waals surface area (Å²) in [5, 5.41) is 0. The van der Waals surface area contributed by atoms with Crippen molar-refractivity contribution in [2.45, 2.75) is 32.1 Å². The molecule has 0 aromatic rings. The van der Waals surface area contributed by atoms with Crippen LogP contribution in [0.3, 0.4) is 0 Å². The summed E-state index contributed by atoms with van der Waals surface area (Å²) < 4.78 is 5.34. The Morgan fingerprint density at radius 3 is 2.76 bits per heavy atom. The van der Waals surface area contributed by atoms with Gasteiger partial charge in [-0.3, -0.25) is 10.2 Å². The molecule has 1 amide bonds. The van der Waals surface area contributed by atoms with Gasteiger partial charge in [-0.25, -0.2) is 5.84 Å². The number of rotatable bonds is 7. The van der Waals surface area contributed by atoms with E-state index < -0.39 is 0 Å². The molecule has 0 bridgehead atoms. The van der Waals surface area contributed by atoms with E-state index in [1.807, 2.05) is 0 Å². The molecule has 0 unspecified atom stereocenters. The molecule has 1 fully saturated rings. The van der Waals surface area contributed by atoms with Crippen molar-refractivity contribution in [2.75, 3.05) is 33.4 Å². The zero-order valence-corrected chi connectivity index (χ0v) is 10.8. The molecule has 1 heterocycles. The van der Waals surface area contributed by atoms with Gasteiger partial charge in [0.2, 0.25) is 5.91 Å². The van der Waals surface area contributed by atoms with Gasteiger partial charge in [0.05, 0.1) is 0 Å². The van der Waals surface area contributed by atoms with Crippen molar-refractivity contribution in [2.24, 2.45) is 11.8 Å². The second-order valence-electron chi connectivity index (χ2n) is 4.84. The van der Waals surface area contributed by atoms with Crippen LogP contribution in [-0.4, -0.2) is 44.2 Å². The van der Waals surface area contributed by atoms with Crippen molar-refractivity contribution < 1.29 is 9.53 Å². The molecule has 0 spiro atoms. The zero-order chi connectivity index (χ0) is 12.5. The minimum absolute atomic E-state index is 0.0721. The lowest BCUT2D eigenvalue weighted by Crippen LogP contribution is -2.31. The summed E-state index contributed by atoms with van der Waals surface area (Å²) in [7, 11) is 2.15. The van der Waals surface area contributed by atoms with Crippen molar-refractivity contribution in [3.8, 4) is 0 Å². The molecule has 0 aromatic heterocycles. The number of carbonyl (C=O) groups excluding carboxylic acids is 1. The van der Waals surface area contributed by atoms with E-state index in [1.165, 1.54) is 12.8 Å². The third-order valence-electron chi connectivity index (χ3n) is 3.27. The van der Waals surface area contributed by atoms with Crippen molar-refractivity contribution in [1.82, 2.24) is 10.3 Å². The third-order valence-corrected chi connectivity index (χ3v) is 3.27. The summed E-state index contributed by atoms with van der Waals surface area (Å²) in [6.07, 6.45) is 4.84. The highest BCUT2D eigenvalue weighted by Crippen LogP contribution is 2.15. The Hall–Kier alpha value is -0.650. The van der Waals surface area contributed by atoms with Crippen LogP contribution in [0.4, 0.5) is 0 Å². The predicted octanol–water partition coefficient (Wildman–Crippen LogP) is 0.505. The molecule has 1 aliphatic rings. The first kappa shape index (κ1) is 14.4. The van der Waals surface area contributed by atoms with Gasteiger partial charge in [0, 0.05) is 26.2 Å². The number of amides is 1. The number of hydrogen-bond donors (Lipinski definition) is 2. The molecule has 5 nitrogen and oxygen atoms in total. The smallest absolute Gasteiger partial charge is 0.233 e. The Morgan fingerprint density at radius 1 is 1.41 bits per heavy atom. The molecule has 0 saturated carbocycles. The number of ether oxygens (including phenoxy) is 1. The number of hydrogen-bond acceptors (Lipinski definition) is 4. The van der Waals surface area contributed by atoms with Gasteiger partial charge in [0.1, 0.15) is 0 Å². The third kappa shape index (κ3) is 6.61. The Balaban J connectivity index is 2.00. The molecule has 100 valence electrons. The van der Waals surface area contributed by atoms with Gasteiger partial charge in [0.25, 0.3) is 0 Å². The van der Waals surface area contributed by atoms with Crippen LogP contribution in [0.1, 0.15) is 32.1 Å². The molecule has 0 aromatic carbocycles. The van der Waals surface area contributed by atoms with Crippen LogP contribution in [0.2, 0.25) is 0 Å². The maximum absolute atomic E-state index is 10.9. The summed E-state index contributed by atoms with van der Waals surface area (Å²) in [4.78, 5) is 13.3. The number of hydrazine groups is 1. The highest BCUT2D eigenvalue weighted by Gasteiger charge is 2.15. The molecule has 5 heteroatoms. The van der Waals surface area contributed by atoms with Crippen molar-refractivity contribution in [3.63, 3.8) is 0 Å². The van der Waals surface area contributed by atoms with Gasteiger partial charge in [-0.05, 0) is 45.2 Å². The van der Waals surface area contributed by atoms with Gasteiger partial charge in [-0.2, -0.15) is 0 Å². The highest BCUT2D eigenvalue weighted by atomic mass is 16.5. The normalized spacial score (nSPS) is 17.4. The SMILES string of the molecule is CN(CCCCC(=O)NN)CC1CCOCC1. The van der Waals surface area contributed by atoms with Crippen LogP contribution < -0.4 is 11.3 Å². The fourth-order valence-electron chi connectivity index (χ4n) is 2.20. The second-order valence-corrected chi connectivity index (χ2v) is 4.84. The van der Waals surface area contributed by atoms with E-state index in [1.54, 1.807) is 0 Å². The summed E-state index contributed by atoms with van der Waals surface area (Å²) in [6, 6.07) is 0. The van der Waals surface area contributed by atoms with E-state index >= 15 is 0 Å². The van der Waals surface area contributed by atoms with Gasteiger partial charge in [-0.15, -0.1) is 0 Å². The number of nitrogens with one attached hydrogen (secondary N) is 1. The standard InChI is InChI=1S/C12H25N3O2/c1-15(7-3-2-4-12(16)14-13)10-11-5-8-17-9-6-11/h11H,2-10,13H2,1H3,(H,14,16). The fraction of sp³-hybridized carbons (Fsp3) is 0.917. The van der Waals surface area contributed by atoms with E-state index in [2.05, 4.69) is 17.4 Å². The number of unbranched alkanes of at least 4 members (excludes halogenated alkanes) is 1. The molecular weight excluding hydrogens is 218 g/mol. The Morgan fingerprint density at radius 2 is 2.12 bits per heavy atom. The summed E-state index contributed by atoms with van der Waals surface area (Å²) in [5.41, 5.74) is 2.15. The Kier molecular flexibility index (Phi) is 7.16. The van der Waals surface area contributed by atoms with Crippen LogP contribution in [0.25, 0.3) is 0 Å². The predicted molar refractivity (Wildman–Crippen MR) is 67.2 cm³/mol. The lowest BCUT2D eigenvalue weighted by atomic mass is 10.00. The highest BCUT2D eigenvalue weighted by molar-refractivity contribution is 5.75. The average Bonchev–Trinajstić information content (AvgIpc) is 2.35. The first-order valence-electron chi connectivity index (χ1n) is 6.48. The number of nitrogens with two attached hydrogens (primary N) is 1. The average molecular weight is 243 g/mol. The maximum Gasteiger partial charge on any atom is 0.233 e.